The zero-order valence-electron chi connectivity index (χ0n) is 15.3. The fraction of sp³-hybridized carbons (Fsp3) is 0.263. The molecule has 0 aliphatic rings. The van der Waals surface area contributed by atoms with Crippen molar-refractivity contribution >= 4 is 23.4 Å². The maximum atomic E-state index is 12.4. The van der Waals surface area contributed by atoms with Crippen molar-refractivity contribution in [1.29, 1.82) is 0 Å². The van der Waals surface area contributed by atoms with Gasteiger partial charge in [-0.3, -0.25) is 14.9 Å². The molecule has 142 valence electrons. The first-order valence-electron chi connectivity index (χ1n) is 8.26. The minimum Gasteiger partial charge on any atom is -0.444 e. The molecule has 0 saturated heterocycles. The highest BCUT2D eigenvalue weighted by molar-refractivity contribution is 6.04. The van der Waals surface area contributed by atoms with E-state index in [0.29, 0.717) is 11.3 Å². The highest BCUT2D eigenvalue weighted by Gasteiger charge is 2.16. The summed E-state index contributed by atoms with van der Waals surface area (Å²) >= 11 is 0. The lowest BCUT2D eigenvalue weighted by Crippen LogP contribution is -2.32. The summed E-state index contributed by atoms with van der Waals surface area (Å²) < 4.78 is 5.19. The second-order valence-corrected chi connectivity index (χ2v) is 6.77. The zero-order chi connectivity index (χ0) is 20.0. The van der Waals surface area contributed by atoms with Gasteiger partial charge < -0.3 is 15.4 Å². The predicted molar refractivity (Wildman–Crippen MR) is 101 cm³/mol. The molecule has 0 aliphatic heterocycles. The number of alkyl carbamates (subject to hydrolysis) is 1. The van der Waals surface area contributed by atoms with E-state index >= 15 is 0 Å². The number of carbonyl (C=O) groups is 2. The van der Waals surface area contributed by atoms with Gasteiger partial charge in [0, 0.05) is 29.9 Å². The van der Waals surface area contributed by atoms with Crippen LogP contribution in [0.1, 0.15) is 36.7 Å². The van der Waals surface area contributed by atoms with Crippen LogP contribution in [0.5, 0.6) is 0 Å². The summed E-state index contributed by atoms with van der Waals surface area (Å²) in [5, 5.41) is 16.1. The average molecular weight is 371 g/mol. The first kappa shape index (κ1) is 19.9. The predicted octanol–water partition coefficient (Wildman–Crippen LogP) is 3.87. The Balaban J connectivity index is 2.05. The summed E-state index contributed by atoms with van der Waals surface area (Å²) in [5.41, 5.74) is 0.813. The zero-order valence-corrected chi connectivity index (χ0v) is 15.3. The maximum Gasteiger partial charge on any atom is 0.407 e. The van der Waals surface area contributed by atoms with Gasteiger partial charge in [0.1, 0.15) is 5.60 Å². The molecule has 2 amide bonds. The second-order valence-electron chi connectivity index (χ2n) is 6.77. The molecule has 0 radical (unpaired) electrons. The number of anilines is 1. The molecule has 0 atom stereocenters. The Labute approximate surface area is 156 Å². The van der Waals surface area contributed by atoms with Crippen LogP contribution in [0.4, 0.5) is 16.2 Å². The van der Waals surface area contributed by atoms with Gasteiger partial charge in [0.25, 0.3) is 11.6 Å². The van der Waals surface area contributed by atoms with E-state index in [-0.39, 0.29) is 17.8 Å². The molecule has 0 heterocycles. The third kappa shape index (κ3) is 6.10. The SMILES string of the molecule is CC(C)(C)OC(=O)NCc1ccccc1NC(=O)c1ccc([N+](=O)[O-])cc1. The second kappa shape index (κ2) is 8.31. The number of nitro benzene ring substituents is 1. The molecule has 27 heavy (non-hydrogen) atoms. The van der Waals surface area contributed by atoms with Gasteiger partial charge in [0.05, 0.1) is 4.92 Å². The van der Waals surface area contributed by atoms with Crippen LogP contribution >= 0.6 is 0 Å². The molecule has 8 nitrogen and oxygen atoms in total. The number of ether oxygens (including phenoxy) is 1. The Kier molecular flexibility index (Phi) is 6.12. The Morgan fingerprint density at radius 3 is 2.30 bits per heavy atom. The molecule has 2 aromatic rings. The van der Waals surface area contributed by atoms with Gasteiger partial charge in [0.15, 0.2) is 0 Å². The lowest BCUT2D eigenvalue weighted by Gasteiger charge is -2.20. The number of non-ortho nitro benzene ring substituents is 1. The van der Waals surface area contributed by atoms with Gasteiger partial charge in [-0.2, -0.15) is 0 Å². The number of nitrogens with one attached hydrogen (secondary N) is 2. The van der Waals surface area contributed by atoms with Crippen molar-refractivity contribution in [2.45, 2.75) is 32.9 Å². The summed E-state index contributed by atoms with van der Waals surface area (Å²) in [6.45, 7) is 5.48. The minimum absolute atomic E-state index is 0.0893. The van der Waals surface area contributed by atoms with E-state index in [0.717, 1.165) is 0 Å². The van der Waals surface area contributed by atoms with Crippen molar-refractivity contribution in [3.63, 3.8) is 0 Å². The van der Waals surface area contributed by atoms with Crippen molar-refractivity contribution in [2.75, 3.05) is 5.32 Å². The third-order valence-electron chi connectivity index (χ3n) is 3.43. The molecule has 2 rings (SSSR count). The molecule has 8 heteroatoms. The highest BCUT2D eigenvalue weighted by Crippen LogP contribution is 2.18. The first-order chi connectivity index (χ1) is 12.7. The molecule has 0 saturated carbocycles. The Bertz CT molecular complexity index is 841. The van der Waals surface area contributed by atoms with E-state index in [1.807, 2.05) is 0 Å². The monoisotopic (exact) mass is 371 g/mol. The van der Waals surface area contributed by atoms with Gasteiger partial charge in [-0.05, 0) is 44.5 Å². The van der Waals surface area contributed by atoms with Crippen LogP contribution in [0, 0.1) is 10.1 Å². The van der Waals surface area contributed by atoms with E-state index in [1.165, 1.54) is 24.3 Å². The van der Waals surface area contributed by atoms with E-state index in [2.05, 4.69) is 10.6 Å². The molecule has 0 aromatic heterocycles. The summed E-state index contributed by atoms with van der Waals surface area (Å²) in [6.07, 6.45) is -0.556. The Morgan fingerprint density at radius 1 is 1.07 bits per heavy atom. The van der Waals surface area contributed by atoms with Gasteiger partial charge in [-0.15, -0.1) is 0 Å². The lowest BCUT2D eigenvalue weighted by atomic mass is 10.1. The van der Waals surface area contributed by atoms with Crippen molar-refractivity contribution in [1.82, 2.24) is 5.32 Å². The smallest absolute Gasteiger partial charge is 0.407 e. The van der Waals surface area contributed by atoms with Crippen LogP contribution in [0.15, 0.2) is 48.5 Å². The summed E-state index contributed by atoms with van der Waals surface area (Å²) in [4.78, 5) is 34.3. The van der Waals surface area contributed by atoms with Crippen molar-refractivity contribution in [3.05, 3.63) is 69.8 Å². The standard InChI is InChI=1S/C19H21N3O5/c1-19(2,3)27-18(24)20-12-14-6-4-5-7-16(14)21-17(23)13-8-10-15(11-9-13)22(25)26/h4-11H,12H2,1-3H3,(H,20,24)(H,21,23). The summed E-state index contributed by atoms with van der Waals surface area (Å²) in [5.74, 6) is -0.408. The molecule has 0 unspecified atom stereocenters. The fourth-order valence-electron chi connectivity index (χ4n) is 2.21. The molecule has 2 aromatic carbocycles. The number of carbonyl (C=O) groups excluding carboxylic acids is 2. The number of hydrogen-bond acceptors (Lipinski definition) is 5. The van der Waals surface area contributed by atoms with Crippen LogP contribution < -0.4 is 10.6 Å². The number of para-hydroxylation sites is 1. The largest absolute Gasteiger partial charge is 0.444 e. The topological polar surface area (TPSA) is 111 Å². The van der Waals surface area contributed by atoms with Crippen LogP contribution in [0.2, 0.25) is 0 Å². The molecular weight excluding hydrogens is 350 g/mol. The van der Waals surface area contributed by atoms with Crippen LogP contribution in [0.25, 0.3) is 0 Å². The van der Waals surface area contributed by atoms with Crippen LogP contribution in [-0.4, -0.2) is 22.5 Å². The quantitative estimate of drug-likeness (QED) is 0.612. The summed E-state index contributed by atoms with van der Waals surface area (Å²) in [6, 6.07) is 12.3. The molecule has 2 N–H and O–H groups in total. The normalized spacial score (nSPS) is 10.8. The lowest BCUT2D eigenvalue weighted by molar-refractivity contribution is -0.384. The Morgan fingerprint density at radius 2 is 1.70 bits per heavy atom. The molecular formula is C19H21N3O5. The molecule has 0 spiro atoms. The average Bonchev–Trinajstić information content (AvgIpc) is 2.59. The van der Waals surface area contributed by atoms with Gasteiger partial charge in [0.2, 0.25) is 0 Å². The minimum atomic E-state index is -0.603. The Hall–Kier alpha value is -3.42. The molecule has 0 fully saturated rings. The molecule has 0 aliphatic carbocycles. The first-order valence-corrected chi connectivity index (χ1v) is 8.26. The number of rotatable bonds is 5. The number of benzene rings is 2. The number of hydrogen-bond donors (Lipinski definition) is 2. The van der Waals surface area contributed by atoms with Gasteiger partial charge in [-0.25, -0.2) is 4.79 Å². The van der Waals surface area contributed by atoms with Crippen molar-refractivity contribution in [3.8, 4) is 0 Å². The highest BCUT2D eigenvalue weighted by atomic mass is 16.6. The van der Waals surface area contributed by atoms with Gasteiger partial charge >= 0.3 is 6.09 Å². The molecule has 0 bridgehead atoms. The summed E-state index contributed by atoms with van der Waals surface area (Å²) in [7, 11) is 0. The third-order valence-corrected chi connectivity index (χ3v) is 3.43. The number of nitro groups is 1. The maximum absolute atomic E-state index is 12.4. The van der Waals surface area contributed by atoms with E-state index in [1.54, 1.807) is 45.0 Å². The van der Waals surface area contributed by atoms with Crippen LogP contribution in [0.3, 0.4) is 0 Å². The van der Waals surface area contributed by atoms with Crippen molar-refractivity contribution in [2.24, 2.45) is 0 Å². The number of amides is 2. The van der Waals surface area contributed by atoms with Crippen molar-refractivity contribution < 1.29 is 19.2 Å². The number of nitrogens with zero attached hydrogens (tertiary/aromatic N) is 1. The van der Waals surface area contributed by atoms with E-state index < -0.39 is 22.5 Å². The van der Waals surface area contributed by atoms with Gasteiger partial charge in [-0.1, -0.05) is 18.2 Å². The fourth-order valence-corrected chi connectivity index (χ4v) is 2.21. The van der Waals surface area contributed by atoms with Crippen LogP contribution in [-0.2, 0) is 11.3 Å². The van der Waals surface area contributed by atoms with E-state index in [9.17, 15) is 19.7 Å². The van der Waals surface area contributed by atoms with E-state index in [4.69, 9.17) is 4.74 Å².